The van der Waals surface area contributed by atoms with Crippen LogP contribution in [0.15, 0.2) is 24.3 Å². The predicted octanol–water partition coefficient (Wildman–Crippen LogP) is 4.18. The van der Waals surface area contributed by atoms with Crippen molar-refractivity contribution in [2.24, 2.45) is 5.41 Å². The molecule has 7 nitrogen and oxygen atoms in total. The van der Waals surface area contributed by atoms with E-state index >= 15 is 0 Å². The van der Waals surface area contributed by atoms with Gasteiger partial charge in [0.2, 0.25) is 0 Å². The Balaban J connectivity index is 1.74. The van der Waals surface area contributed by atoms with Crippen molar-refractivity contribution in [2.75, 3.05) is 48.1 Å². The van der Waals surface area contributed by atoms with Crippen LogP contribution in [0.25, 0.3) is 0 Å². The van der Waals surface area contributed by atoms with Crippen LogP contribution in [-0.4, -0.2) is 63.7 Å². The van der Waals surface area contributed by atoms with Gasteiger partial charge in [0.15, 0.2) is 23.0 Å². The fourth-order valence-corrected chi connectivity index (χ4v) is 6.75. The number of carbonyl (C=O) groups is 1. The molecule has 3 aliphatic heterocycles. The van der Waals surface area contributed by atoms with E-state index in [0.29, 0.717) is 12.3 Å². The number of hydrogen-bond donors (Lipinski definition) is 0. The van der Waals surface area contributed by atoms with Crippen LogP contribution in [0.4, 0.5) is 0 Å². The van der Waals surface area contributed by atoms with Gasteiger partial charge < -0.3 is 18.9 Å². The van der Waals surface area contributed by atoms with Gasteiger partial charge in [-0.25, -0.2) is 0 Å². The van der Waals surface area contributed by atoms with Crippen molar-refractivity contribution in [2.45, 2.75) is 45.3 Å². The van der Waals surface area contributed by atoms with Crippen molar-refractivity contribution in [3.63, 3.8) is 0 Å². The summed E-state index contributed by atoms with van der Waals surface area (Å²) in [6.45, 7) is 6.37. The number of ether oxygens (including phenoxy) is 4. The maximum absolute atomic E-state index is 13.5. The van der Waals surface area contributed by atoms with E-state index in [1.165, 1.54) is 16.7 Å². The Kier molecular flexibility index (Phi) is 6.18. The van der Waals surface area contributed by atoms with Gasteiger partial charge in [0.05, 0.1) is 46.1 Å². The average molecular weight is 481 g/mol. The normalized spacial score (nSPS) is 25.5. The zero-order valence-electron chi connectivity index (χ0n) is 21.6. The van der Waals surface area contributed by atoms with Gasteiger partial charge >= 0.3 is 0 Å². The summed E-state index contributed by atoms with van der Waals surface area (Å²) in [7, 11) is 6.73. The second kappa shape index (κ2) is 9.03. The molecule has 0 aromatic heterocycles. The van der Waals surface area contributed by atoms with Crippen LogP contribution in [0, 0.1) is 5.41 Å². The number of fused-ring (bicyclic) bond motifs is 7. The van der Waals surface area contributed by atoms with Gasteiger partial charge in [-0.05, 0) is 61.1 Å². The van der Waals surface area contributed by atoms with Gasteiger partial charge in [-0.1, -0.05) is 13.0 Å². The van der Waals surface area contributed by atoms with Crippen molar-refractivity contribution < 1.29 is 23.7 Å². The minimum Gasteiger partial charge on any atom is -0.493 e. The highest BCUT2D eigenvalue weighted by atomic mass is 16.5. The van der Waals surface area contributed by atoms with E-state index in [4.69, 9.17) is 18.9 Å². The molecule has 0 bridgehead atoms. The van der Waals surface area contributed by atoms with Crippen molar-refractivity contribution in [3.05, 3.63) is 46.5 Å². The molecule has 0 unspecified atom stereocenters. The number of Topliss-reactive ketones (excluding diaryl/α,β-unsaturated/α-hetero) is 1. The van der Waals surface area contributed by atoms with Gasteiger partial charge in [-0.15, -0.1) is 0 Å². The summed E-state index contributed by atoms with van der Waals surface area (Å²) in [5, 5.41) is 0. The van der Waals surface area contributed by atoms with Crippen LogP contribution in [0.3, 0.4) is 0 Å². The van der Waals surface area contributed by atoms with Crippen molar-refractivity contribution in [1.82, 2.24) is 9.80 Å². The zero-order valence-corrected chi connectivity index (χ0v) is 21.6. The molecule has 188 valence electrons. The Morgan fingerprint density at radius 2 is 1.63 bits per heavy atom. The molecule has 0 saturated carbocycles. The van der Waals surface area contributed by atoms with E-state index < -0.39 is 5.41 Å². The summed E-state index contributed by atoms with van der Waals surface area (Å²) < 4.78 is 22.9. The lowest BCUT2D eigenvalue weighted by Crippen LogP contribution is -2.63. The molecule has 7 heteroatoms. The van der Waals surface area contributed by atoms with Crippen molar-refractivity contribution in [1.29, 1.82) is 0 Å². The second-order valence-electron chi connectivity index (χ2n) is 9.83. The number of ketones is 1. The fraction of sp³-hybridized carbons (Fsp3) is 0.536. The molecular formula is C28H36N2O5. The Bertz CT molecular complexity index is 1150. The summed E-state index contributed by atoms with van der Waals surface area (Å²) in [6, 6.07) is 8.27. The van der Waals surface area contributed by atoms with E-state index in [2.05, 4.69) is 34.9 Å². The van der Waals surface area contributed by atoms with Crippen LogP contribution in [0.2, 0.25) is 0 Å². The molecule has 35 heavy (non-hydrogen) atoms. The van der Waals surface area contributed by atoms with Gasteiger partial charge in [-0.3, -0.25) is 14.6 Å². The average Bonchev–Trinajstić information content (AvgIpc) is 2.89. The maximum Gasteiger partial charge on any atom is 0.165 e. The lowest BCUT2D eigenvalue weighted by molar-refractivity contribution is -0.156. The molecule has 2 aromatic rings. The van der Waals surface area contributed by atoms with Gasteiger partial charge in [0.1, 0.15) is 5.78 Å². The SMILES string of the molecule is CC[C@]1(C(C)=O)CN2CCc3cc(OC)c(OC)cc3[C@@H]2N2CCc3ccc(OC)c(OC)c3[C@@H]21. The van der Waals surface area contributed by atoms with Gasteiger partial charge in [-0.2, -0.15) is 0 Å². The zero-order chi connectivity index (χ0) is 24.9. The molecule has 0 N–H and O–H groups in total. The standard InChI is InChI=1S/C28H36N2O5/c1-7-28(17(2)31)16-29-12-10-19-14-22(33-4)23(34-5)15-20(19)27(29)30-13-11-18-8-9-21(32-3)25(35-6)24(18)26(28)30/h8-9,14-15,26-27H,7,10-13,16H2,1-6H3/t26-,27+,28-/m1/s1. The van der Waals surface area contributed by atoms with Gasteiger partial charge in [0.25, 0.3) is 0 Å². The minimum absolute atomic E-state index is 0.0478. The molecular weight excluding hydrogens is 444 g/mol. The van der Waals surface area contributed by atoms with Crippen LogP contribution < -0.4 is 18.9 Å². The Morgan fingerprint density at radius 3 is 2.26 bits per heavy atom. The van der Waals surface area contributed by atoms with Crippen molar-refractivity contribution in [3.8, 4) is 23.0 Å². The molecule has 1 saturated heterocycles. The molecule has 0 aliphatic carbocycles. The first kappa shape index (κ1) is 23.9. The number of rotatable bonds is 6. The smallest absolute Gasteiger partial charge is 0.165 e. The third-order valence-electron chi connectivity index (χ3n) is 8.51. The highest BCUT2D eigenvalue weighted by Crippen LogP contribution is 2.58. The first-order chi connectivity index (χ1) is 16.9. The van der Waals surface area contributed by atoms with Crippen LogP contribution in [-0.2, 0) is 17.6 Å². The lowest BCUT2D eigenvalue weighted by atomic mass is 9.65. The maximum atomic E-state index is 13.5. The third-order valence-corrected chi connectivity index (χ3v) is 8.51. The van der Waals surface area contributed by atoms with Gasteiger partial charge in [0, 0.05) is 25.2 Å². The molecule has 0 amide bonds. The van der Waals surface area contributed by atoms with Crippen LogP contribution in [0.1, 0.15) is 54.7 Å². The summed E-state index contributed by atoms with van der Waals surface area (Å²) in [4.78, 5) is 18.5. The minimum atomic E-state index is -0.542. The van der Waals surface area contributed by atoms with E-state index in [0.717, 1.165) is 55.2 Å². The van der Waals surface area contributed by atoms with E-state index in [-0.39, 0.29) is 18.0 Å². The predicted molar refractivity (Wildman–Crippen MR) is 134 cm³/mol. The molecule has 0 radical (unpaired) electrons. The first-order valence-electron chi connectivity index (χ1n) is 12.4. The van der Waals surface area contributed by atoms with Crippen LogP contribution >= 0.6 is 0 Å². The molecule has 5 rings (SSSR count). The molecule has 3 atom stereocenters. The number of benzene rings is 2. The second-order valence-corrected chi connectivity index (χ2v) is 9.83. The Labute approximate surface area is 207 Å². The molecule has 2 aromatic carbocycles. The number of methoxy groups -OCH3 is 4. The quantitative estimate of drug-likeness (QED) is 0.615. The topological polar surface area (TPSA) is 60.5 Å². The van der Waals surface area contributed by atoms with E-state index in [9.17, 15) is 4.79 Å². The highest BCUT2D eigenvalue weighted by molar-refractivity contribution is 5.84. The summed E-state index contributed by atoms with van der Waals surface area (Å²) in [6.07, 6.45) is 2.60. The monoisotopic (exact) mass is 480 g/mol. The summed E-state index contributed by atoms with van der Waals surface area (Å²) in [5.41, 5.74) is 4.30. The number of carbonyl (C=O) groups excluding carboxylic acids is 1. The van der Waals surface area contributed by atoms with Crippen molar-refractivity contribution >= 4 is 5.78 Å². The molecule has 0 spiro atoms. The largest absolute Gasteiger partial charge is 0.493 e. The number of hydrogen-bond acceptors (Lipinski definition) is 7. The van der Waals surface area contributed by atoms with Crippen LogP contribution in [0.5, 0.6) is 23.0 Å². The molecule has 3 heterocycles. The third kappa shape index (κ3) is 3.43. The summed E-state index contributed by atoms with van der Waals surface area (Å²) >= 11 is 0. The molecule has 1 fully saturated rings. The van der Waals surface area contributed by atoms with E-state index in [1.807, 2.05) is 6.07 Å². The Morgan fingerprint density at radius 1 is 0.943 bits per heavy atom. The lowest BCUT2D eigenvalue weighted by Gasteiger charge is -2.60. The fourth-order valence-electron chi connectivity index (χ4n) is 6.75. The summed E-state index contributed by atoms with van der Waals surface area (Å²) in [5.74, 6) is 3.17. The van der Waals surface area contributed by atoms with E-state index in [1.54, 1.807) is 35.4 Å². The Hall–Kier alpha value is -2.77. The highest BCUT2D eigenvalue weighted by Gasteiger charge is 2.57. The number of nitrogens with zero attached hydrogens (tertiary/aromatic N) is 2. The first-order valence-corrected chi connectivity index (χ1v) is 12.4. The molecule has 3 aliphatic rings.